The molecule has 0 aromatic carbocycles. The van der Waals surface area contributed by atoms with E-state index in [0.717, 1.165) is 16.3 Å². The van der Waals surface area contributed by atoms with Crippen LogP contribution >= 0.6 is 15.9 Å². The van der Waals surface area contributed by atoms with Crippen LogP contribution in [0.25, 0.3) is 0 Å². The Balaban J connectivity index is 1.68. The van der Waals surface area contributed by atoms with Crippen molar-refractivity contribution in [2.24, 2.45) is 0 Å². The van der Waals surface area contributed by atoms with Crippen molar-refractivity contribution in [3.05, 3.63) is 22.8 Å². The first-order valence-electron chi connectivity index (χ1n) is 5.45. The molecule has 4 heteroatoms. The molecule has 3 heterocycles. The van der Waals surface area contributed by atoms with Gasteiger partial charge in [0.15, 0.2) is 0 Å². The van der Waals surface area contributed by atoms with Gasteiger partial charge in [0, 0.05) is 28.8 Å². The third kappa shape index (κ3) is 1.88. The molecular formula is C11H14BrN3. The largest absolute Gasteiger partial charge is 0.366 e. The highest BCUT2D eigenvalue weighted by molar-refractivity contribution is 9.10. The summed E-state index contributed by atoms with van der Waals surface area (Å²) in [6.45, 7) is 0. The van der Waals surface area contributed by atoms with Crippen molar-refractivity contribution in [1.29, 1.82) is 0 Å². The van der Waals surface area contributed by atoms with Gasteiger partial charge in [0.05, 0.1) is 0 Å². The normalized spacial score (nSPS) is 33.3. The Morgan fingerprint density at radius 1 is 1.40 bits per heavy atom. The van der Waals surface area contributed by atoms with Crippen LogP contribution in [0.2, 0.25) is 0 Å². The first-order chi connectivity index (χ1) is 7.31. The minimum Gasteiger partial charge on any atom is -0.366 e. The summed E-state index contributed by atoms with van der Waals surface area (Å²) in [7, 11) is 0. The minimum atomic E-state index is 0.567. The van der Waals surface area contributed by atoms with E-state index >= 15 is 0 Å². The number of nitrogens with one attached hydrogen (secondary N) is 2. The van der Waals surface area contributed by atoms with Gasteiger partial charge in [-0.3, -0.25) is 0 Å². The number of fused-ring (bicyclic) bond motifs is 2. The van der Waals surface area contributed by atoms with Crippen molar-refractivity contribution >= 4 is 21.7 Å². The van der Waals surface area contributed by atoms with Crippen LogP contribution in [0.4, 0.5) is 5.82 Å². The fourth-order valence-corrected chi connectivity index (χ4v) is 2.87. The number of halogens is 1. The summed E-state index contributed by atoms with van der Waals surface area (Å²) in [6.07, 6.45) is 5.72. The fourth-order valence-electron chi connectivity index (χ4n) is 2.63. The lowest BCUT2D eigenvalue weighted by atomic mass is 9.95. The highest BCUT2D eigenvalue weighted by atomic mass is 79.9. The van der Waals surface area contributed by atoms with E-state index in [1.165, 1.54) is 19.3 Å². The Morgan fingerprint density at radius 2 is 2.33 bits per heavy atom. The predicted octanol–water partition coefficient (Wildman–Crippen LogP) is 2.15. The molecule has 3 unspecified atom stereocenters. The van der Waals surface area contributed by atoms with Gasteiger partial charge in [-0.25, -0.2) is 4.98 Å². The topological polar surface area (TPSA) is 37.0 Å². The van der Waals surface area contributed by atoms with E-state index in [4.69, 9.17) is 0 Å². The average molecular weight is 268 g/mol. The zero-order valence-electron chi connectivity index (χ0n) is 8.41. The van der Waals surface area contributed by atoms with Gasteiger partial charge >= 0.3 is 0 Å². The van der Waals surface area contributed by atoms with Gasteiger partial charge in [-0.05, 0) is 47.3 Å². The van der Waals surface area contributed by atoms with E-state index in [9.17, 15) is 0 Å². The van der Waals surface area contributed by atoms with E-state index in [0.29, 0.717) is 12.1 Å². The standard InChI is InChI=1S/C11H14BrN3/c12-7-1-4-11(13-6-7)15-10-5-8-2-3-9(10)14-8/h1,4,6,8-10,14H,2-3,5H2,(H,13,15). The van der Waals surface area contributed by atoms with E-state index in [1.807, 2.05) is 18.3 Å². The lowest BCUT2D eigenvalue weighted by molar-refractivity contribution is 0.526. The highest BCUT2D eigenvalue weighted by Gasteiger charge is 2.38. The van der Waals surface area contributed by atoms with Crippen LogP contribution in [0.5, 0.6) is 0 Å². The van der Waals surface area contributed by atoms with Crippen molar-refractivity contribution < 1.29 is 0 Å². The molecule has 2 saturated heterocycles. The van der Waals surface area contributed by atoms with Crippen LogP contribution in [-0.2, 0) is 0 Å². The lowest BCUT2D eigenvalue weighted by Gasteiger charge is -2.21. The minimum absolute atomic E-state index is 0.567. The van der Waals surface area contributed by atoms with E-state index < -0.39 is 0 Å². The quantitative estimate of drug-likeness (QED) is 0.863. The number of pyridine rings is 1. The van der Waals surface area contributed by atoms with Crippen LogP contribution in [0.15, 0.2) is 22.8 Å². The molecule has 0 saturated carbocycles. The van der Waals surface area contributed by atoms with Gasteiger partial charge in [-0.15, -0.1) is 0 Å². The third-order valence-corrected chi connectivity index (χ3v) is 3.83. The number of hydrogen-bond donors (Lipinski definition) is 2. The SMILES string of the molecule is Brc1ccc(NC2CC3CCC2N3)nc1. The van der Waals surface area contributed by atoms with Crippen LogP contribution in [0.1, 0.15) is 19.3 Å². The van der Waals surface area contributed by atoms with Crippen LogP contribution in [-0.4, -0.2) is 23.1 Å². The Morgan fingerprint density at radius 3 is 2.93 bits per heavy atom. The molecule has 0 aliphatic carbocycles. The first kappa shape index (κ1) is 9.60. The zero-order chi connectivity index (χ0) is 10.3. The van der Waals surface area contributed by atoms with Gasteiger partial charge in [0.2, 0.25) is 0 Å². The molecule has 1 aromatic rings. The number of nitrogens with zero attached hydrogens (tertiary/aromatic N) is 1. The second-order valence-corrected chi connectivity index (χ2v) is 5.31. The summed E-state index contributed by atoms with van der Waals surface area (Å²) in [6, 6.07) is 6.01. The summed E-state index contributed by atoms with van der Waals surface area (Å²) in [4.78, 5) is 4.34. The van der Waals surface area contributed by atoms with Crippen molar-refractivity contribution in [2.45, 2.75) is 37.4 Å². The number of rotatable bonds is 2. The maximum absolute atomic E-state index is 4.34. The molecule has 80 valence electrons. The van der Waals surface area contributed by atoms with Crippen LogP contribution in [0, 0.1) is 0 Å². The fraction of sp³-hybridized carbons (Fsp3) is 0.545. The van der Waals surface area contributed by atoms with E-state index in [-0.39, 0.29) is 0 Å². The Hall–Kier alpha value is -0.610. The van der Waals surface area contributed by atoms with Gasteiger partial charge in [0.1, 0.15) is 5.82 Å². The summed E-state index contributed by atoms with van der Waals surface area (Å²) < 4.78 is 1.03. The molecule has 2 aliphatic heterocycles. The summed E-state index contributed by atoms with van der Waals surface area (Å²) in [5, 5.41) is 7.12. The molecular weight excluding hydrogens is 254 g/mol. The number of aromatic nitrogens is 1. The van der Waals surface area contributed by atoms with E-state index in [2.05, 4.69) is 31.5 Å². The van der Waals surface area contributed by atoms with Crippen LogP contribution in [0.3, 0.4) is 0 Å². The monoisotopic (exact) mass is 267 g/mol. The second kappa shape index (κ2) is 3.76. The summed E-state index contributed by atoms with van der Waals surface area (Å²) >= 11 is 3.39. The highest BCUT2D eigenvalue weighted by Crippen LogP contribution is 2.30. The number of hydrogen-bond acceptors (Lipinski definition) is 3. The molecule has 0 spiro atoms. The van der Waals surface area contributed by atoms with Crippen molar-refractivity contribution in [3.8, 4) is 0 Å². The van der Waals surface area contributed by atoms with E-state index in [1.54, 1.807) is 0 Å². The van der Waals surface area contributed by atoms with Gasteiger partial charge < -0.3 is 10.6 Å². The molecule has 2 fully saturated rings. The maximum atomic E-state index is 4.34. The molecule has 2 aliphatic rings. The maximum Gasteiger partial charge on any atom is 0.126 e. The molecule has 0 radical (unpaired) electrons. The summed E-state index contributed by atoms with van der Waals surface area (Å²) in [5.74, 6) is 0.984. The molecule has 15 heavy (non-hydrogen) atoms. The smallest absolute Gasteiger partial charge is 0.126 e. The molecule has 2 bridgehead atoms. The Kier molecular flexibility index (Phi) is 2.41. The van der Waals surface area contributed by atoms with Gasteiger partial charge in [0.25, 0.3) is 0 Å². The zero-order valence-corrected chi connectivity index (χ0v) is 10.00. The lowest BCUT2D eigenvalue weighted by Crippen LogP contribution is -2.33. The average Bonchev–Trinajstić information content (AvgIpc) is 2.83. The third-order valence-electron chi connectivity index (χ3n) is 3.36. The van der Waals surface area contributed by atoms with Crippen LogP contribution < -0.4 is 10.6 Å². The first-order valence-corrected chi connectivity index (χ1v) is 6.25. The Labute approximate surface area is 97.8 Å². The van der Waals surface area contributed by atoms with Gasteiger partial charge in [-0.2, -0.15) is 0 Å². The molecule has 1 aromatic heterocycles. The molecule has 2 N–H and O–H groups in total. The molecule has 3 rings (SSSR count). The van der Waals surface area contributed by atoms with Crippen molar-refractivity contribution in [3.63, 3.8) is 0 Å². The number of anilines is 1. The predicted molar refractivity (Wildman–Crippen MR) is 63.9 cm³/mol. The summed E-state index contributed by atoms with van der Waals surface area (Å²) in [5.41, 5.74) is 0. The van der Waals surface area contributed by atoms with Crippen molar-refractivity contribution in [1.82, 2.24) is 10.3 Å². The van der Waals surface area contributed by atoms with Gasteiger partial charge in [-0.1, -0.05) is 0 Å². The second-order valence-electron chi connectivity index (χ2n) is 4.40. The molecule has 0 amide bonds. The molecule has 3 nitrogen and oxygen atoms in total. The Bertz CT molecular complexity index is 351. The van der Waals surface area contributed by atoms with Crippen molar-refractivity contribution in [2.75, 3.05) is 5.32 Å². The molecule has 3 atom stereocenters.